The van der Waals surface area contributed by atoms with Crippen LogP contribution in [-0.2, 0) is 0 Å². The molecule has 3 rings (SSSR count). The van der Waals surface area contributed by atoms with Crippen molar-refractivity contribution in [1.29, 1.82) is 0 Å². The van der Waals surface area contributed by atoms with Crippen LogP contribution >= 0.6 is 11.6 Å². The standard InChI is InChI=1S/C14H13ClN2O3/c1-19-14-11(15)6-9(8-16-14)17-4-5-20-13-3-2-10(18)7-12(13)17/h2-3,6-8,18H,4-5H2,1H3. The number of hydrogen-bond donors (Lipinski definition) is 1. The zero-order valence-electron chi connectivity index (χ0n) is 10.8. The second-order valence-corrected chi connectivity index (χ2v) is 4.74. The van der Waals surface area contributed by atoms with Crippen molar-refractivity contribution in [2.45, 2.75) is 0 Å². The summed E-state index contributed by atoms with van der Waals surface area (Å²) in [5, 5.41) is 10.1. The van der Waals surface area contributed by atoms with E-state index in [1.807, 2.05) is 4.90 Å². The highest BCUT2D eigenvalue weighted by Gasteiger charge is 2.21. The van der Waals surface area contributed by atoms with Gasteiger partial charge in [0.25, 0.3) is 0 Å². The molecule has 0 radical (unpaired) electrons. The Morgan fingerprint density at radius 3 is 3.00 bits per heavy atom. The lowest BCUT2D eigenvalue weighted by molar-refractivity contribution is 0.313. The number of benzene rings is 1. The van der Waals surface area contributed by atoms with Crippen molar-refractivity contribution in [1.82, 2.24) is 4.98 Å². The first-order valence-electron chi connectivity index (χ1n) is 6.12. The highest BCUT2D eigenvalue weighted by Crippen LogP contribution is 2.39. The highest BCUT2D eigenvalue weighted by molar-refractivity contribution is 6.32. The van der Waals surface area contributed by atoms with Gasteiger partial charge in [-0.05, 0) is 18.2 Å². The molecule has 6 heteroatoms. The number of aromatic hydroxyl groups is 1. The number of pyridine rings is 1. The molecule has 2 aromatic rings. The quantitative estimate of drug-likeness (QED) is 0.922. The number of halogens is 1. The number of methoxy groups -OCH3 is 1. The summed E-state index contributed by atoms with van der Waals surface area (Å²) >= 11 is 6.11. The van der Waals surface area contributed by atoms with Crippen LogP contribution in [0.25, 0.3) is 0 Å². The van der Waals surface area contributed by atoms with E-state index in [1.54, 1.807) is 30.5 Å². The molecule has 0 amide bonds. The van der Waals surface area contributed by atoms with Gasteiger partial charge in [0.1, 0.15) is 23.1 Å². The van der Waals surface area contributed by atoms with Gasteiger partial charge in [-0.15, -0.1) is 0 Å². The van der Waals surface area contributed by atoms with Crippen molar-refractivity contribution < 1.29 is 14.6 Å². The largest absolute Gasteiger partial charge is 0.508 e. The smallest absolute Gasteiger partial charge is 0.232 e. The van der Waals surface area contributed by atoms with Gasteiger partial charge in [0.15, 0.2) is 0 Å². The molecular formula is C14H13ClN2O3. The Balaban J connectivity index is 2.04. The molecule has 0 unspecified atom stereocenters. The van der Waals surface area contributed by atoms with Gasteiger partial charge < -0.3 is 19.5 Å². The van der Waals surface area contributed by atoms with Gasteiger partial charge in [-0.25, -0.2) is 4.98 Å². The Labute approximate surface area is 121 Å². The minimum absolute atomic E-state index is 0.187. The SMILES string of the molecule is COc1ncc(N2CCOc3ccc(O)cc32)cc1Cl. The maximum absolute atomic E-state index is 9.65. The maximum atomic E-state index is 9.65. The zero-order valence-corrected chi connectivity index (χ0v) is 11.6. The van der Waals surface area contributed by atoms with Gasteiger partial charge in [-0.2, -0.15) is 0 Å². The summed E-state index contributed by atoms with van der Waals surface area (Å²) in [5.41, 5.74) is 1.62. The summed E-state index contributed by atoms with van der Waals surface area (Å²) in [6.45, 7) is 1.21. The minimum Gasteiger partial charge on any atom is -0.508 e. The summed E-state index contributed by atoms with van der Waals surface area (Å²) in [6, 6.07) is 6.79. The van der Waals surface area contributed by atoms with Crippen LogP contribution in [0.15, 0.2) is 30.5 Å². The number of aromatic nitrogens is 1. The van der Waals surface area contributed by atoms with Gasteiger partial charge in [-0.3, -0.25) is 0 Å². The van der Waals surface area contributed by atoms with E-state index in [0.29, 0.717) is 24.1 Å². The number of rotatable bonds is 2. The van der Waals surface area contributed by atoms with Crippen molar-refractivity contribution in [3.05, 3.63) is 35.5 Å². The van der Waals surface area contributed by atoms with E-state index < -0.39 is 0 Å². The molecule has 0 fully saturated rings. The molecule has 1 aromatic heterocycles. The second kappa shape index (κ2) is 5.09. The third-order valence-electron chi connectivity index (χ3n) is 3.10. The summed E-state index contributed by atoms with van der Waals surface area (Å²) in [7, 11) is 1.52. The molecule has 1 aromatic carbocycles. The molecule has 1 N–H and O–H groups in total. The minimum atomic E-state index is 0.187. The van der Waals surface area contributed by atoms with Crippen LogP contribution in [0.4, 0.5) is 11.4 Å². The van der Waals surface area contributed by atoms with Crippen LogP contribution in [0.1, 0.15) is 0 Å². The Morgan fingerprint density at radius 1 is 1.40 bits per heavy atom. The van der Waals surface area contributed by atoms with Crippen molar-refractivity contribution in [3.8, 4) is 17.4 Å². The van der Waals surface area contributed by atoms with Gasteiger partial charge in [-0.1, -0.05) is 11.6 Å². The van der Waals surface area contributed by atoms with E-state index >= 15 is 0 Å². The number of nitrogens with zero attached hydrogens (tertiary/aromatic N) is 2. The van der Waals surface area contributed by atoms with Crippen molar-refractivity contribution in [3.63, 3.8) is 0 Å². The molecule has 0 atom stereocenters. The first kappa shape index (κ1) is 12.9. The van der Waals surface area contributed by atoms with E-state index in [4.69, 9.17) is 21.1 Å². The van der Waals surface area contributed by atoms with Gasteiger partial charge >= 0.3 is 0 Å². The molecule has 0 saturated heterocycles. The maximum Gasteiger partial charge on any atom is 0.232 e. The zero-order chi connectivity index (χ0) is 14.1. The van der Waals surface area contributed by atoms with E-state index in [0.717, 1.165) is 17.1 Å². The first-order valence-corrected chi connectivity index (χ1v) is 6.50. The number of ether oxygens (including phenoxy) is 2. The summed E-state index contributed by atoms with van der Waals surface area (Å²) in [6.07, 6.45) is 1.68. The second-order valence-electron chi connectivity index (χ2n) is 4.34. The molecule has 0 spiro atoms. The first-order chi connectivity index (χ1) is 9.69. The van der Waals surface area contributed by atoms with E-state index in [9.17, 15) is 5.11 Å². The third-order valence-corrected chi connectivity index (χ3v) is 3.37. The van der Waals surface area contributed by atoms with Gasteiger partial charge in [0.2, 0.25) is 5.88 Å². The Hall–Kier alpha value is -2.14. The average molecular weight is 293 g/mol. The lowest BCUT2D eigenvalue weighted by atomic mass is 10.2. The molecule has 104 valence electrons. The summed E-state index contributed by atoms with van der Waals surface area (Å²) in [5.74, 6) is 1.30. The molecule has 20 heavy (non-hydrogen) atoms. The summed E-state index contributed by atoms with van der Waals surface area (Å²) < 4.78 is 10.6. The fraction of sp³-hybridized carbons (Fsp3) is 0.214. The van der Waals surface area contributed by atoms with E-state index in [2.05, 4.69) is 4.98 Å². The predicted molar refractivity (Wildman–Crippen MR) is 76.4 cm³/mol. The number of anilines is 2. The number of hydrogen-bond acceptors (Lipinski definition) is 5. The fourth-order valence-electron chi connectivity index (χ4n) is 2.19. The molecule has 0 saturated carbocycles. The lowest BCUT2D eigenvalue weighted by Crippen LogP contribution is -2.28. The molecule has 2 heterocycles. The molecule has 0 aliphatic carbocycles. The van der Waals surface area contributed by atoms with E-state index in [1.165, 1.54) is 7.11 Å². The van der Waals surface area contributed by atoms with Crippen molar-refractivity contribution >= 4 is 23.0 Å². The number of phenolic OH excluding ortho intramolecular Hbond substituents is 1. The Bertz CT molecular complexity index is 648. The highest BCUT2D eigenvalue weighted by atomic mass is 35.5. The predicted octanol–water partition coefficient (Wildman–Crippen LogP) is 2.98. The van der Waals surface area contributed by atoms with Crippen LogP contribution in [0.2, 0.25) is 5.02 Å². The van der Waals surface area contributed by atoms with Crippen LogP contribution in [0, 0.1) is 0 Å². The van der Waals surface area contributed by atoms with Crippen LogP contribution < -0.4 is 14.4 Å². The van der Waals surface area contributed by atoms with Crippen LogP contribution in [0.3, 0.4) is 0 Å². The Kier molecular flexibility index (Phi) is 3.28. The molecule has 1 aliphatic heterocycles. The van der Waals surface area contributed by atoms with Crippen molar-refractivity contribution in [2.75, 3.05) is 25.2 Å². The number of phenols is 1. The van der Waals surface area contributed by atoms with Gasteiger partial charge in [0.05, 0.1) is 31.2 Å². The lowest BCUT2D eigenvalue weighted by Gasteiger charge is -2.31. The topological polar surface area (TPSA) is 54.8 Å². The molecular weight excluding hydrogens is 280 g/mol. The fourth-order valence-corrected chi connectivity index (χ4v) is 2.43. The molecule has 0 bridgehead atoms. The monoisotopic (exact) mass is 292 g/mol. The summed E-state index contributed by atoms with van der Waals surface area (Å²) in [4.78, 5) is 6.17. The Morgan fingerprint density at radius 2 is 2.25 bits per heavy atom. The normalized spacial score (nSPS) is 13.6. The molecule has 1 aliphatic rings. The average Bonchev–Trinajstić information content (AvgIpc) is 2.46. The van der Waals surface area contributed by atoms with Crippen LogP contribution in [0.5, 0.6) is 17.4 Å². The molecule has 5 nitrogen and oxygen atoms in total. The third kappa shape index (κ3) is 2.20. The van der Waals surface area contributed by atoms with E-state index in [-0.39, 0.29) is 5.75 Å². The van der Waals surface area contributed by atoms with Crippen molar-refractivity contribution in [2.24, 2.45) is 0 Å². The number of fused-ring (bicyclic) bond motifs is 1. The van der Waals surface area contributed by atoms with Gasteiger partial charge in [0, 0.05) is 6.07 Å². The van der Waals surface area contributed by atoms with Crippen LogP contribution in [-0.4, -0.2) is 30.4 Å².